The minimum Gasteiger partial charge on any atom is -0.308 e. The van der Waals surface area contributed by atoms with Gasteiger partial charge < -0.3 is 5.32 Å². The van der Waals surface area contributed by atoms with Crippen LogP contribution in [0, 0.1) is 12.8 Å². The summed E-state index contributed by atoms with van der Waals surface area (Å²) in [7, 11) is 0. The van der Waals surface area contributed by atoms with Crippen molar-refractivity contribution < 1.29 is 0 Å². The molecule has 0 spiro atoms. The summed E-state index contributed by atoms with van der Waals surface area (Å²) in [6.45, 7) is 5.31. The Morgan fingerprint density at radius 1 is 1.47 bits per heavy atom. The quantitative estimate of drug-likeness (QED) is 0.886. The predicted molar refractivity (Wildman–Crippen MR) is 67.2 cm³/mol. The van der Waals surface area contributed by atoms with Crippen molar-refractivity contribution in [2.45, 2.75) is 39.2 Å². The van der Waals surface area contributed by atoms with Crippen molar-refractivity contribution in [2.75, 3.05) is 6.54 Å². The van der Waals surface area contributed by atoms with Gasteiger partial charge in [0.25, 0.3) is 0 Å². The van der Waals surface area contributed by atoms with Crippen LogP contribution in [0.1, 0.15) is 43.1 Å². The molecule has 6 heteroatoms. The zero-order valence-electron chi connectivity index (χ0n) is 10.2. The van der Waals surface area contributed by atoms with Crippen LogP contribution in [-0.4, -0.2) is 26.4 Å². The molecule has 0 bridgehead atoms. The van der Waals surface area contributed by atoms with Gasteiger partial charge in [0.05, 0.1) is 6.04 Å². The Hall–Kier alpha value is -1.01. The van der Waals surface area contributed by atoms with E-state index in [4.69, 9.17) is 0 Å². The Bertz CT molecular complexity index is 517. The lowest BCUT2D eigenvalue weighted by atomic mass is 9.91. The molecule has 1 aliphatic rings. The molecule has 0 saturated carbocycles. The maximum Gasteiger partial charge on any atom is 0.234 e. The van der Waals surface area contributed by atoms with Crippen LogP contribution in [0.15, 0.2) is 0 Å². The van der Waals surface area contributed by atoms with Crippen molar-refractivity contribution in [1.82, 2.24) is 25.1 Å². The first-order chi connectivity index (χ1) is 8.28. The van der Waals surface area contributed by atoms with Crippen LogP contribution in [0.3, 0.4) is 0 Å². The molecule has 2 aromatic heterocycles. The van der Waals surface area contributed by atoms with E-state index >= 15 is 0 Å². The Morgan fingerprint density at radius 3 is 3.12 bits per heavy atom. The molecule has 0 aliphatic carbocycles. The standard InChI is InChI=1S/C11H17N5S/c1-3-8-4-5-12-9(6-8)10-15-16-7(2)13-14-11(16)17-10/h8-9,12H,3-6H2,1-2H3. The number of rotatable bonds is 2. The normalized spacial score (nSPS) is 25.5. The molecule has 2 aromatic rings. The molecular formula is C11H17N5S. The van der Waals surface area contributed by atoms with Gasteiger partial charge in [-0.05, 0) is 32.2 Å². The third-order valence-electron chi connectivity index (χ3n) is 3.55. The van der Waals surface area contributed by atoms with Crippen molar-refractivity contribution in [3.8, 4) is 0 Å². The smallest absolute Gasteiger partial charge is 0.234 e. The number of aromatic nitrogens is 4. The SMILES string of the molecule is CCC1CCNC(c2nn3c(C)nnc3s2)C1. The fourth-order valence-electron chi connectivity index (χ4n) is 2.43. The summed E-state index contributed by atoms with van der Waals surface area (Å²) in [6.07, 6.45) is 3.75. The number of nitrogens with one attached hydrogen (secondary N) is 1. The highest BCUT2D eigenvalue weighted by atomic mass is 32.1. The molecule has 0 amide bonds. The van der Waals surface area contributed by atoms with Gasteiger partial charge in [0.15, 0.2) is 5.82 Å². The lowest BCUT2D eigenvalue weighted by Gasteiger charge is -2.28. The maximum atomic E-state index is 4.61. The largest absolute Gasteiger partial charge is 0.308 e. The van der Waals surface area contributed by atoms with E-state index in [1.54, 1.807) is 11.3 Å². The van der Waals surface area contributed by atoms with Gasteiger partial charge >= 0.3 is 0 Å². The molecule has 0 radical (unpaired) electrons. The number of piperidine rings is 1. The lowest BCUT2D eigenvalue weighted by molar-refractivity contribution is 0.297. The molecule has 92 valence electrons. The molecule has 2 atom stereocenters. The van der Waals surface area contributed by atoms with Crippen LogP contribution in [0.2, 0.25) is 0 Å². The molecule has 3 rings (SSSR count). The summed E-state index contributed by atoms with van der Waals surface area (Å²) in [5.41, 5.74) is 0. The van der Waals surface area contributed by atoms with E-state index in [0.717, 1.165) is 28.3 Å². The van der Waals surface area contributed by atoms with Crippen molar-refractivity contribution >= 4 is 16.3 Å². The first-order valence-electron chi connectivity index (χ1n) is 6.20. The van der Waals surface area contributed by atoms with Gasteiger partial charge in [-0.1, -0.05) is 24.7 Å². The summed E-state index contributed by atoms with van der Waals surface area (Å²) >= 11 is 1.65. The van der Waals surface area contributed by atoms with Crippen molar-refractivity contribution in [3.63, 3.8) is 0 Å². The Morgan fingerprint density at radius 2 is 2.35 bits per heavy atom. The second-order valence-electron chi connectivity index (χ2n) is 4.69. The van der Waals surface area contributed by atoms with Gasteiger partial charge in [0, 0.05) is 0 Å². The first kappa shape index (κ1) is 11.1. The van der Waals surface area contributed by atoms with E-state index in [-0.39, 0.29) is 0 Å². The number of fused-ring (bicyclic) bond motifs is 1. The molecule has 2 unspecified atom stereocenters. The second kappa shape index (κ2) is 4.34. The van der Waals surface area contributed by atoms with Gasteiger partial charge in [-0.15, -0.1) is 10.2 Å². The Balaban J connectivity index is 1.87. The average molecular weight is 251 g/mol. The van der Waals surface area contributed by atoms with Crippen LogP contribution < -0.4 is 5.32 Å². The van der Waals surface area contributed by atoms with Crippen LogP contribution in [-0.2, 0) is 0 Å². The molecular weight excluding hydrogens is 234 g/mol. The molecule has 1 saturated heterocycles. The van der Waals surface area contributed by atoms with Gasteiger partial charge in [0.2, 0.25) is 4.96 Å². The molecule has 17 heavy (non-hydrogen) atoms. The highest BCUT2D eigenvalue weighted by molar-refractivity contribution is 7.16. The summed E-state index contributed by atoms with van der Waals surface area (Å²) < 4.78 is 1.84. The number of nitrogens with zero attached hydrogens (tertiary/aromatic N) is 4. The van der Waals surface area contributed by atoms with Crippen molar-refractivity contribution in [3.05, 3.63) is 10.8 Å². The molecule has 1 aliphatic heterocycles. The van der Waals surface area contributed by atoms with Gasteiger partial charge in [-0.25, -0.2) is 0 Å². The fourth-order valence-corrected chi connectivity index (χ4v) is 3.40. The zero-order chi connectivity index (χ0) is 11.8. The molecule has 0 aromatic carbocycles. The maximum absolute atomic E-state index is 4.61. The van der Waals surface area contributed by atoms with E-state index in [0.29, 0.717) is 6.04 Å². The van der Waals surface area contributed by atoms with E-state index in [1.807, 2.05) is 11.4 Å². The third kappa shape index (κ3) is 1.95. The van der Waals surface area contributed by atoms with Crippen LogP contribution in [0.25, 0.3) is 4.96 Å². The first-order valence-corrected chi connectivity index (χ1v) is 7.01. The number of aryl methyl sites for hydroxylation is 1. The van der Waals surface area contributed by atoms with Crippen LogP contribution >= 0.6 is 11.3 Å². The van der Waals surface area contributed by atoms with Crippen molar-refractivity contribution in [2.24, 2.45) is 5.92 Å². The highest BCUT2D eigenvalue weighted by Gasteiger charge is 2.25. The van der Waals surface area contributed by atoms with Crippen LogP contribution in [0.4, 0.5) is 0 Å². The number of hydrogen-bond donors (Lipinski definition) is 1. The topological polar surface area (TPSA) is 55.1 Å². The lowest BCUT2D eigenvalue weighted by Crippen LogP contribution is -2.31. The number of hydrogen-bond acceptors (Lipinski definition) is 5. The summed E-state index contributed by atoms with van der Waals surface area (Å²) in [5, 5.41) is 17.4. The van der Waals surface area contributed by atoms with E-state index in [9.17, 15) is 0 Å². The van der Waals surface area contributed by atoms with Crippen LogP contribution in [0.5, 0.6) is 0 Å². The van der Waals surface area contributed by atoms with E-state index in [2.05, 4.69) is 27.5 Å². The molecule has 1 N–H and O–H groups in total. The van der Waals surface area contributed by atoms with E-state index < -0.39 is 0 Å². The molecule has 5 nitrogen and oxygen atoms in total. The monoisotopic (exact) mass is 251 g/mol. The van der Waals surface area contributed by atoms with Gasteiger partial charge in [0.1, 0.15) is 5.01 Å². The van der Waals surface area contributed by atoms with Crippen molar-refractivity contribution in [1.29, 1.82) is 0 Å². The summed E-state index contributed by atoms with van der Waals surface area (Å²) in [5.74, 6) is 1.70. The minimum atomic E-state index is 0.403. The third-order valence-corrected chi connectivity index (χ3v) is 4.56. The summed E-state index contributed by atoms with van der Waals surface area (Å²) in [6, 6.07) is 0.403. The van der Waals surface area contributed by atoms with Gasteiger partial charge in [-0.2, -0.15) is 9.61 Å². The summed E-state index contributed by atoms with van der Waals surface area (Å²) in [4.78, 5) is 0.901. The minimum absolute atomic E-state index is 0.403. The zero-order valence-corrected chi connectivity index (χ0v) is 11.0. The Labute approximate surface area is 104 Å². The molecule has 1 fully saturated rings. The predicted octanol–water partition coefficient (Wildman–Crippen LogP) is 1.94. The fraction of sp³-hybridized carbons (Fsp3) is 0.727. The van der Waals surface area contributed by atoms with E-state index in [1.165, 1.54) is 19.3 Å². The second-order valence-corrected chi connectivity index (χ2v) is 5.67. The Kier molecular flexibility index (Phi) is 2.84. The highest BCUT2D eigenvalue weighted by Crippen LogP contribution is 2.31. The van der Waals surface area contributed by atoms with Gasteiger partial charge in [-0.3, -0.25) is 0 Å². The average Bonchev–Trinajstić information content (AvgIpc) is 2.92. The molecule has 3 heterocycles.